The van der Waals surface area contributed by atoms with Gasteiger partial charge in [-0.2, -0.15) is 10.2 Å². The number of phenolic OH excluding ortho intramolecular Hbond substituents is 2. The van der Waals surface area contributed by atoms with Crippen LogP contribution in [0.25, 0.3) is 0 Å². The summed E-state index contributed by atoms with van der Waals surface area (Å²) in [6.45, 7) is 12.2. The van der Waals surface area contributed by atoms with E-state index in [1.54, 1.807) is 0 Å². The number of benzene rings is 2. The van der Waals surface area contributed by atoms with Crippen molar-refractivity contribution in [3.8, 4) is 11.5 Å². The van der Waals surface area contributed by atoms with Gasteiger partial charge in [0.25, 0.3) is 0 Å². The fraction of sp³-hybridized carbons (Fsp3) is 0.462. The first-order valence-corrected chi connectivity index (χ1v) is 11.0. The Labute approximate surface area is 181 Å². The average Bonchev–Trinajstić information content (AvgIpc) is 2.70. The SMILES string of the molecule is CCCC/C(=N\N=C(/CCCC)c1cc(C)cc(C)c1O)c1cc(C)cc(C)c1O. The zero-order valence-electron chi connectivity index (χ0n) is 19.3. The van der Waals surface area contributed by atoms with E-state index in [4.69, 9.17) is 0 Å². The molecule has 0 bridgehead atoms. The second kappa shape index (κ2) is 11.0. The predicted octanol–water partition coefficient (Wildman–Crippen LogP) is 6.91. The molecule has 2 N–H and O–H groups in total. The number of aromatic hydroxyl groups is 2. The van der Waals surface area contributed by atoms with Crippen LogP contribution in [0, 0.1) is 27.7 Å². The fourth-order valence-electron chi connectivity index (χ4n) is 3.65. The van der Waals surface area contributed by atoms with E-state index in [1.807, 2.05) is 52.0 Å². The molecule has 162 valence electrons. The van der Waals surface area contributed by atoms with Crippen molar-refractivity contribution in [3.63, 3.8) is 0 Å². The Morgan fingerprint density at radius 3 is 1.37 bits per heavy atom. The summed E-state index contributed by atoms with van der Waals surface area (Å²) in [6.07, 6.45) is 5.51. The van der Waals surface area contributed by atoms with Crippen LogP contribution in [0.2, 0.25) is 0 Å². The largest absolute Gasteiger partial charge is 0.507 e. The van der Waals surface area contributed by atoms with Crippen molar-refractivity contribution in [2.45, 2.75) is 80.1 Å². The van der Waals surface area contributed by atoms with E-state index in [2.05, 4.69) is 24.1 Å². The van der Waals surface area contributed by atoms with E-state index in [-0.39, 0.29) is 11.5 Å². The van der Waals surface area contributed by atoms with E-state index in [0.717, 1.165) is 83.3 Å². The number of aryl methyl sites for hydroxylation is 4. The first kappa shape index (κ1) is 23.7. The van der Waals surface area contributed by atoms with Crippen molar-refractivity contribution in [1.82, 2.24) is 0 Å². The molecule has 0 fully saturated rings. The highest BCUT2D eigenvalue weighted by Gasteiger charge is 2.15. The lowest BCUT2D eigenvalue weighted by Gasteiger charge is -2.13. The molecule has 0 radical (unpaired) electrons. The van der Waals surface area contributed by atoms with Gasteiger partial charge in [0.1, 0.15) is 11.5 Å². The van der Waals surface area contributed by atoms with Crippen LogP contribution in [0.1, 0.15) is 85.8 Å². The van der Waals surface area contributed by atoms with Crippen molar-refractivity contribution in [2.75, 3.05) is 0 Å². The summed E-state index contributed by atoms with van der Waals surface area (Å²) < 4.78 is 0. The normalized spacial score (nSPS) is 12.5. The molecule has 0 unspecified atom stereocenters. The predicted molar refractivity (Wildman–Crippen MR) is 127 cm³/mol. The van der Waals surface area contributed by atoms with Gasteiger partial charge in [-0.3, -0.25) is 0 Å². The highest BCUT2D eigenvalue weighted by Crippen LogP contribution is 2.28. The zero-order valence-corrected chi connectivity index (χ0v) is 19.3. The average molecular weight is 409 g/mol. The molecule has 4 nitrogen and oxygen atoms in total. The first-order chi connectivity index (χ1) is 14.3. The van der Waals surface area contributed by atoms with Gasteiger partial charge in [-0.15, -0.1) is 0 Å². The molecule has 2 rings (SSSR count). The van der Waals surface area contributed by atoms with Crippen LogP contribution in [0.3, 0.4) is 0 Å². The van der Waals surface area contributed by atoms with Crippen LogP contribution < -0.4 is 0 Å². The second-order valence-corrected chi connectivity index (χ2v) is 8.26. The second-order valence-electron chi connectivity index (χ2n) is 8.26. The molecule has 0 saturated heterocycles. The minimum Gasteiger partial charge on any atom is -0.507 e. The quantitative estimate of drug-likeness (QED) is 0.350. The van der Waals surface area contributed by atoms with Gasteiger partial charge in [0.2, 0.25) is 0 Å². The molecule has 0 atom stereocenters. The molecule has 2 aromatic carbocycles. The first-order valence-electron chi connectivity index (χ1n) is 11.0. The highest BCUT2D eigenvalue weighted by molar-refractivity contribution is 6.06. The van der Waals surface area contributed by atoms with E-state index in [1.165, 1.54) is 0 Å². The molecule has 0 amide bonds. The van der Waals surface area contributed by atoms with Crippen molar-refractivity contribution >= 4 is 11.4 Å². The summed E-state index contributed by atoms with van der Waals surface area (Å²) in [5, 5.41) is 30.6. The molecule has 4 heteroatoms. The molecular weight excluding hydrogens is 372 g/mol. The van der Waals surface area contributed by atoms with E-state index >= 15 is 0 Å². The Bertz CT molecular complexity index is 865. The van der Waals surface area contributed by atoms with Gasteiger partial charge >= 0.3 is 0 Å². The Morgan fingerprint density at radius 2 is 1.03 bits per heavy atom. The fourth-order valence-corrected chi connectivity index (χ4v) is 3.65. The third-order valence-corrected chi connectivity index (χ3v) is 5.34. The van der Waals surface area contributed by atoms with Crippen LogP contribution in [-0.4, -0.2) is 21.6 Å². The van der Waals surface area contributed by atoms with Crippen molar-refractivity contribution in [3.05, 3.63) is 57.6 Å². The topological polar surface area (TPSA) is 65.2 Å². The number of unbranched alkanes of at least 4 members (excludes halogenated alkanes) is 2. The molecule has 30 heavy (non-hydrogen) atoms. The molecule has 0 saturated carbocycles. The van der Waals surface area contributed by atoms with E-state index < -0.39 is 0 Å². The Kier molecular flexibility index (Phi) is 8.64. The Balaban J connectivity index is 2.60. The van der Waals surface area contributed by atoms with Gasteiger partial charge in [0, 0.05) is 11.1 Å². The zero-order chi connectivity index (χ0) is 22.3. The molecule has 0 aliphatic rings. The van der Waals surface area contributed by atoms with Gasteiger partial charge < -0.3 is 10.2 Å². The number of rotatable bonds is 9. The lowest BCUT2D eigenvalue weighted by Crippen LogP contribution is -2.06. The van der Waals surface area contributed by atoms with Gasteiger partial charge in [0.15, 0.2) is 0 Å². The lowest BCUT2D eigenvalue weighted by atomic mass is 9.98. The van der Waals surface area contributed by atoms with Gasteiger partial charge in [-0.25, -0.2) is 0 Å². The smallest absolute Gasteiger partial charge is 0.127 e. The standard InChI is InChI=1S/C26H36N2O2/c1-7-9-11-23(21-15-17(3)13-19(5)25(21)29)27-28-24(12-10-8-2)22-16-18(4)14-20(6)26(22)30/h13-16,29-30H,7-12H2,1-6H3/b27-23+,28-24+. The van der Waals surface area contributed by atoms with Crippen LogP contribution in [-0.2, 0) is 0 Å². The lowest BCUT2D eigenvalue weighted by molar-refractivity contribution is 0.469. The Morgan fingerprint density at radius 1 is 0.667 bits per heavy atom. The van der Waals surface area contributed by atoms with Gasteiger partial charge in [-0.05, 0) is 87.8 Å². The molecule has 2 aromatic rings. The van der Waals surface area contributed by atoms with Gasteiger partial charge in [0.05, 0.1) is 11.4 Å². The number of phenols is 2. The molecule has 0 heterocycles. The third kappa shape index (κ3) is 5.94. The maximum absolute atomic E-state index is 10.7. The van der Waals surface area contributed by atoms with E-state index in [0.29, 0.717) is 0 Å². The maximum Gasteiger partial charge on any atom is 0.127 e. The highest BCUT2D eigenvalue weighted by atomic mass is 16.3. The number of hydrogen-bond donors (Lipinski definition) is 2. The van der Waals surface area contributed by atoms with Gasteiger partial charge in [-0.1, -0.05) is 38.8 Å². The number of hydrogen-bond acceptors (Lipinski definition) is 4. The van der Waals surface area contributed by atoms with Crippen LogP contribution in [0.4, 0.5) is 0 Å². The van der Waals surface area contributed by atoms with Crippen LogP contribution >= 0.6 is 0 Å². The Hall–Kier alpha value is -2.62. The van der Waals surface area contributed by atoms with Crippen LogP contribution in [0.5, 0.6) is 11.5 Å². The minimum absolute atomic E-state index is 0.273. The number of nitrogens with zero attached hydrogens (tertiary/aromatic N) is 2. The molecule has 0 spiro atoms. The van der Waals surface area contributed by atoms with Crippen molar-refractivity contribution in [2.24, 2.45) is 10.2 Å². The molecule has 0 aromatic heterocycles. The molecule has 0 aliphatic heterocycles. The monoisotopic (exact) mass is 408 g/mol. The van der Waals surface area contributed by atoms with Crippen LogP contribution in [0.15, 0.2) is 34.5 Å². The molecule has 0 aliphatic carbocycles. The summed E-state index contributed by atoms with van der Waals surface area (Å²) in [4.78, 5) is 0. The van der Waals surface area contributed by atoms with Crippen molar-refractivity contribution in [1.29, 1.82) is 0 Å². The van der Waals surface area contributed by atoms with Crippen molar-refractivity contribution < 1.29 is 10.2 Å². The van der Waals surface area contributed by atoms with E-state index in [9.17, 15) is 10.2 Å². The summed E-state index contributed by atoms with van der Waals surface area (Å²) in [5.74, 6) is 0.546. The minimum atomic E-state index is 0.273. The summed E-state index contributed by atoms with van der Waals surface area (Å²) >= 11 is 0. The molecular formula is C26H36N2O2. The maximum atomic E-state index is 10.7. The third-order valence-electron chi connectivity index (χ3n) is 5.34. The summed E-state index contributed by atoms with van der Waals surface area (Å²) in [7, 11) is 0. The summed E-state index contributed by atoms with van der Waals surface area (Å²) in [5.41, 5.74) is 6.96. The summed E-state index contributed by atoms with van der Waals surface area (Å²) in [6, 6.07) is 7.90.